The number of hydrogen-bond acceptors (Lipinski definition) is 6. The number of nitrogens with two attached hydrogens (primary N) is 1. The van der Waals surface area contributed by atoms with E-state index in [4.69, 9.17) is 15.2 Å². The molecule has 0 atom stereocenters. The van der Waals surface area contributed by atoms with Crippen LogP contribution in [0.25, 0.3) is 0 Å². The molecule has 0 amide bonds. The lowest BCUT2D eigenvalue weighted by Crippen LogP contribution is -2.14. The highest BCUT2D eigenvalue weighted by Crippen LogP contribution is 2.21. The van der Waals surface area contributed by atoms with E-state index in [1.165, 1.54) is 6.07 Å². The van der Waals surface area contributed by atoms with Crippen LogP contribution in [0.5, 0.6) is 11.5 Å². The van der Waals surface area contributed by atoms with Crippen LogP contribution in [0.1, 0.15) is 28.4 Å². The highest BCUT2D eigenvalue weighted by molar-refractivity contribution is 6.09. The standard InChI is InChI=1S/C18H19NO5.ClH/c1-2-23-17(21)11-24-15-6-3-12(4-7-15)18(22)13-5-8-16(20)14(9-13)10-19;/h3-9,20H,2,10-11,19H2,1H3;1H. The molecule has 2 rings (SSSR count). The molecule has 0 unspecified atom stereocenters. The Morgan fingerprint density at radius 1 is 1.08 bits per heavy atom. The van der Waals surface area contributed by atoms with Crippen LogP contribution in [-0.2, 0) is 16.1 Å². The number of hydrogen-bond donors (Lipinski definition) is 2. The monoisotopic (exact) mass is 365 g/mol. The second-order valence-electron chi connectivity index (χ2n) is 4.99. The lowest BCUT2D eigenvalue weighted by Gasteiger charge is -2.08. The minimum absolute atomic E-state index is 0. The van der Waals surface area contributed by atoms with Crippen LogP contribution in [0.2, 0.25) is 0 Å². The third-order valence-corrected chi connectivity index (χ3v) is 3.34. The van der Waals surface area contributed by atoms with Gasteiger partial charge >= 0.3 is 5.97 Å². The first-order valence-corrected chi connectivity index (χ1v) is 7.50. The molecule has 6 nitrogen and oxygen atoms in total. The van der Waals surface area contributed by atoms with Crippen LogP contribution < -0.4 is 10.5 Å². The Hall–Kier alpha value is -2.57. The van der Waals surface area contributed by atoms with Gasteiger partial charge in [0.2, 0.25) is 0 Å². The molecule has 0 aromatic heterocycles. The first-order valence-electron chi connectivity index (χ1n) is 7.50. The fourth-order valence-electron chi connectivity index (χ4n) is 2.10. The zero-order valence-electron chi connectivity index (χ0n) is 13.7. The first-order chi connectivity index (χ1) is 11.5. The minimum atomic E-state index is -0.448. The summed E-state index contributed by atoms with van der Waals surface area (Å²) in [5.41, 5.74) is 6.94. The molecule has 0 aliphatic rings. The van der Waals surface area contributed by atoms with Gasteiger partial charge in [-0.15, -0.1) is 12.4 Å². The summed E-state index contributed by atoms with van der Waals surface area (Å²) in [6.45, 7) is 1.98. The molecule has 0 spiro atoms. The molecule has 0 heterocycles. The third-order valence-electron chi connectivity index (χ3n) is 3.34. The summed E-state index contributed by atoms with van der Waals surface area (Å²) in [4.78, 5) is 23.7. The van der Waals surface area contributed by atoms with Crippen LogP contribution in [-0.4, -0.2) is 30.1 Å². The summed E-state index contributed by atoms with van der Waals surface area (Å²) >= 11 is 0. The van der Waals surface area contributed by atoms with Crippen molar-refractivity contribution in [2.45, 2.75) is 13.5 Å². The number of esters is 1. The fraction of sp³-hybridized carbons (Fsp3) is 0.222. The molecule has 134 valence electrons. The van der Waals surface area contributed by atoms with Gasteiger partial charge in [0, 0.05) is 23.2 Å². The molecule has 0 bridgehead atoms. The van der Waals surface area contributed by atoms with E-state index in [-0.39, 0.29) is 37.1 Å². The van der Waals surface area contributed by atoms with E-state index in [1.807, 2.05) is 0 Å². The van der Waals surface area contributed by atoms with Crippen LogP contribution in [0.15, 0.2) is 42.5 Å². The molecule has 0 saturated heterocycles. The molecule has 2 aromatic rings. The summed E-state index contributed by atoms with van der Waals surface area (Å²) < 4.78 is 10.0. The van der Waals surface area contributed by atoms with Crippen LogP contribution in [0, 0.1) is 0 Å². The predicted octanol–water partition coefficient (Wildman–Crippen LogP) is 2.45. The molecule has 2 aromatic carbocycles. The smallest absolute Gasteiger partial charge is 0.344 e. The van der Waals surface area contributed by atoms with Crippen molar-refractivity contribution in [2.24, 2.45) is 5.73 Å². The van der Waals surface area contributed by atoms with Crippen LogP contribution in [0.3, 0.4) is 0 Å². The SMILES string of the molecule is CCOC(=O)COc1ccc(C(=O)c2ccc(O)c(CN)c2)cc1.Cl. The Bertz CT molecular complexity index is 731. The second-order valence-corrected chi connectivity index (χ2v) is 4.99. The largest absolute Gasteiger partial charge is 0.508 e. The van der Waals surface area contributed by atoms with E-state index < -0.39 is 5.97 Å². The predicted molar refractivity (Wildman–Crippen MR) is 95.2 cm³/mol. The molecular weight excluding hydrogens is 346 g/mol. The Morgan fingerprint density at radius 2 is 1.72 bits per heavy atom. The summed E-state index contributed by atoms with van der Waals surface area (Å²) in [6, 6.07) is 11.0. The zero-order valence-corrected chi connectivity index (χ0v) is 14.5. The van der Waals surface area contributed by atoms with Crippen LogP contribution >= 0.6 is 12.4 Å². The molecule has 25 heavy (non-hydrogen) atoms. The number of ether oxygens (including phenoxy) is 2. The average Bonchev–Trinajstić information content (AvgIpc) is 2.60. The van der Waals surface area contributed by atoms with Gasteiger partial charge in [0.15, 0.2) is 12.4 Å². The van der Waals surface area contributed by atoms with Crippen molar-refractivity contribution >= 4 is 24.2 Å². The Balaban J connectivity index is 0.00000312. The lowest BCUT2D eigenvalue weighted by atomic mass is 10.0. The van der Waals surface area contributed by atoms with Gasteiger partial charge in [-0.2, -0.15) is 0 Å². The van der Waals surface area contributed by atoms with Crippen molar-refractivity contribution in [1.82, 2.24) is 0 Å². The van der Waals surface area contributed by atoms with Gasteiger partial charge < -0.3 is 20.3 Å². The molecule has 3 N–H and O–H groups in total. The maximum absolute atomic E-state index is 12.5. The summed E-state index contributed by atoms with van der Waals surface area (Å²) in [5.74, 6) is -0.109. The summed E-state index contributed by atoms with van der Waals surface area (Å²) in [6.07, 6.45) is 0. The van der Waals surface area contributed by atoms with Crippen molar-refractivity contribution in [3.8, 4) is 11.5 Å². The summed E-state index contributed by atoms with van der Waals surface area (Å²) in [5, 5.41) is 9.62. The molecule has 0 saturated carbocycles. The second kappa shape index (κ2) is 9.66. The van der Waals surface area contributed by atoms with Gasteiger partial charge in [0.25, 0.3) is 0 Å². The molecular formula is C18H20ClNO5. The van der Waals surface area contributed by atoms with Crippen molar-refractivity contribution in [1.29, 1.82) is 0 Å². The highest BCUT2D eigenvalue weighted by Gasteiger charge is 2.12. The van der Waals surface area contributed by atoms with Gasteiger partial charge in [-0.05, 0) is 49.4 Å². The number of benzene rings is 2. The van der Waals surface area contributed by atoms with Gasteiger partial charge in [-0.3, -0.25) is 4.79 Å². The maximum Gasteiger partial charge on any atom is 0.344 e. The van der Waals surface area contributed by atoms with Crippen LogP contribution in [0.4, 0.5) is 0 Å². The fourth-order valence-corrected chi connectivity index (χ4v) is 2.10. The number of carbonyl (C=O) groups is 2. The third kappa shape index (κ3) is 5.48. The first kappa shape index (κ1) is 20.5. The molecule has 0 aliphatic heterocycles. The molecule has 0 fully saturated rings. The summed E-state index contributed by atoms with van der Waals surface area (Å²) in [7, 11) is 0. The minimum Gasteiger partial charge on any atom is -0.508 e. The van der Waals surface area contributed by atoms with Gasteiger partial charge in [0.1, 0.15) is 11.5 Å². The van der Waals surface area contributed by atoms with E-state index in [0.29, 0.717) is 29.0 Å². The number of halogens is 1. The van der Waals surface area contributed by atoms with Crippen molar-refractivity contribution in [2.75, 3.05) is 13.2 Å². The number of aromatic hydroxyl groups is 1. The molecule has 0 aliphatic carbocycles. The Labute approximate surface area is 152 Å². The normalized spacial score (nSPS) is 9.84. The van der Waals surface area contributed by atoms with E-state index >= 15 is 0 Å². The van der Waals surface area contributed by atoms with E-state index in [9.17, 15) is 14.7 Å². The number of rotatable bonds is 7. The molecule has 0 radical (unpaired) electrons. The maximum atomic E-state index is 12.5. The van der Waals surface area contributed by atoms with Gasteiger partial charge in [-0.25, -0.2) is 4.79 Å². The van der Waals surface area contributed by atoms with E-state index in [2.05, 4.69) is 0 Å². The molecule has 7 heteroatoms. The number of carbonyl (C=O) groups excluding carboxylic acids is 2. The van der Waals surface area contributed by atoms with Gasteiger partial charge in [-0.1, -0.05) is 0 Å². The highest BCUT2D eigenvalue weighted by atomic mass is 35.5. The van der Waals surface area contributed by atoms with Crippen molar-refractivity contribution < 1.29 is 24.2 Å². The quantitative estimate of drug-likeness (QED) is 0.577. The van der Waals surface area contributed by atoms with E-state index in [1.54, 1.807) is 43.3 Å². The Kier molecular flexibility index (Phi) is 7.91. The number of phenols is 1. The number of phenolic OH excluding ortho intramolecular Hbond substituents is 1. The topological polar surface area (TPSA) is 98.8 Å². The lowest BCUT2D eigenvalue weighted by molar-refractivity contribution is -0.145. The average molecular weight is 366 g/mol. The van der Waals surface area contributed by atoms with Gasteiger partial charge in [0.05, 0.1) is 6.61 Å². The Morgan fingerprint density at radius 3 is 2.32 bits per heavy atom. The van der Waals surface area contributed by atoms with Crippen molar-refractivity contribution in [3.63, 3.8) is 0 Å². The van der Waals surface area contributed by atoms with Crippen molar-refractivity contribution in [3.05, 3.63) is 59.2 Å². The zero-order chi connectivity index (χ0) is 17.5. The van der Waals surface area contributed by atoms with E-state index in [0.717, 1.165) is 0 Å². The number of ketones is 1.